The van der Waals surface area contributed by atoms with Crippen molar-refractivity contribution in [3.8, 4) is 10.7 Å². The number of carbonyl (C=O) groups is 1. The number of benzene rings is 1. The van der Waals surface area contributed by atoms with Crippen LogP contribution in [0.25, 0.3) is 10.7 Å². The number of carbonyl (C=O) groups excluding carboxylic acids is 1. The van der Waals surface area contributed by atoms with Gasteiger partial charge in [0.2, 0.25) is 11.1 Å². The summed E-state index contributed by atoms with van der Waals surface area (Å²) in [7, 11) is 0. The molecule has 3 aromatic rings. The molecule has 1 amide bonds. The van der Waals surface area contributed by atoms with Gasteiger partial charge in [-0.3, -0.25) is 9.89 Å². The van der Waals surface area contributed by atoms with Gasteiger partial charge in [0, 0.05) is 11.6 Å². The highest BCUT2D eigenvalue weighted by molar-refractivity contribution is 7.99. The number of hydrogen-bond acceptors (Lipinski definition) is 5. The number of halogens is 2. The van der Waals surface area contributed by atoms with Gasteiger partial charge in [-0.15, -0.1) is 16.4 Å². The van der Waals surface area contributed by atoms with Gasteiger partial charge >= 0.3 is 0 Å². The average Bonchev–Trinajstić information content (AvgIpc) is 3.24. The van der Waals surface area contributed by atoms with Gasteiger partial charge in [0.25, 0.3) is 0 Å². The fraction of sp³-hybridized carbons (Fsp3) is 0.188. The number of H-pyrrole nitrogens is 1. The summed E-state index contributed by atoms with van der Waals surface area (Å²) in [5, 5.41) is 12.0. The maximum Gasteiger partial charge on any atom is 0.230 e. The molecule has 3 rings (SSSR count). The van der Waals surface area contributed by atoms with E-state index in [2.05, 4.69) is 20.5 Å². The maximum absolute atomic E-state index is 13.7. The van der Waals surface area contributed by atoms with Crippen LogP contribution in [0.1, 0.15) is 18.5 Å². The van der Waals surface area contributed by atoms with E-state index in [1.807, 2.05) is 17.5 Å². The number of aromatic nitrogens is 3. The van der Waals surface area contributed by atoms with Gasteiger partial charge in [-0.05, 0) is 24.4 Å². The van der Waals surface area contributed by atoms with Gasteiger partial charge in [0.15, 0.2) is 5.82 Å². The Morgan fingerprint density at radius 1 is 1.40 bits per heavy atom. The van der Waals surface area contributed by atoms with Crippen molar-refractivity contribution in [1.29, 1.82) is 0 Å². The quantitative estimate of drug-likeness (QED) is 0.639. The van der Waals surface area contributed by atoms with E-state index in [1.165, 1.54) is 29.2 Å². The fourth-order valence-corrected chi connectivity index (χ4v) is 3.45. The number of thioether (sulfide) groups is 1. The third kappa shape index (κ3) is 4.43. The van der Waals surface area contributed by atoms with E-state index < -0.39 is 17.7 Å². The van der Waals surface area contributed by atoms with Crippen molar-refractivity contribution in [2.24, 2.45) is 0 Å². The summed E-state index contributed by atoms with van der Waals surface area (Å²) in [6.45, 7) is 1.64. The Balaban J connectivity index is 1.54. The number of amides is 1. The highest BCUT2D eigenvalue weighted by atomic mass is 32.2. The Morgan fingerprint density at radius 2 is 2.24 bits per heavy atom. The molecule has 9 heteroatoms. The van der Waals surface area contributed by atoms with Crippen LogP contribution in [0.3, 0.4) is 0 Å². The van der Waals surface area contributed by atoms with Gasteiger partial charge in [-0.2, -0.15) is 0 Å². The van der Waals surface area contributed by atoms with Crippen molar-refractivity contribution in [2.45, 2.75) is 18.1 Å². The molecule has 0 bridgehead atoms. The topological polar surface area (TPSA) is 70.7 Å². The van der Waals surface area contributed by atoms with Crippen molar-refractivity contribution in [3.63, 3.8) is 0 Å². The summed E-state index contributed by atoms with van der Waals surface area (Å²) in [5.41, 5.74) is 0.234. The van der Waals surface area contributed by atoms with Crippen LogP contribution < -0.4 is 5.32 Å². The monoisotopic (exact) mass is 380 g/mol. The molecule has 0 aliphatic carbocycles. The smallest absolute Gasteiger partial charge is 0.230 e. The fourth-order valence-electron chi connectivity index (χ4n) is 2.18. The van der Waals surface area contributed by atoms with Crippen LogP contribution in [-0.2, 0) is 4.79 Å². The average molecular weight is 380 g/mol. The molecule has 0 saturated carbocycles. The molecule has 0 radical (unpaired) electrons. The van der Waals surface area contributed by atoms with Crippen LogP contribution in [-0.4, -0.2) is 26.8 Å². The molecular weight excluding hydrogens is 366 g/mol. The molecule has 0 aliphatic heterocycles. The zero-order valence-corrected chi connectivity index (χ0v) is 14.8. The van der Waals surface area contributed by atoms with Crippen molar-refractivity contribution in [1.82, 2.24) is 20.5 Å². The van der Waals surface area contributed by atoms with Crippen LogP contribution in [0, 0.1) is 11.6 Å². The third-order valence-corrected chi connectivity index (χ3v) is 5.08. The van der Waals surface area contributed by atoms with E-state index >= 15 is 0 Å². The Kier molecular flexibility index (Phi) is 5.44. The summed E-state index contributed by atoms with van der Waals surface area (Å²) < 4.78 is 26.7. The number of hydrogen-bond donors (Lipinski definition) is 2. The largest absolute Gasteiger partial charge is 0.349 e. The van der Waals surface area contributed by atoms with Crippen molar-refractivity contribution in [3.05, 3.63) is 52.9 Å². The van der Waals surface area contributed by atoms with E-state index in [4.69, 9.17) is 0 Å². The lowest BCUT2D eigenvalue weighted by Crippen LogP contribution is -2.28. The van der Waals surface area contributed by atoms with Crippen LogP contribution in [0.2, 0.25) is 0 Å². The van der Waals surface area contributed by atoms with Gasteiger partial charge in [0.1, 0.15) is 11.6 Å². The van der Waals surface area contributed by atoms with Crippen LogP contribution in [0.4, 0.5) is 8.78 Å². The molecule has 0 spiro atoms. The number of rotatable bonds is 6. The van der Waals surface area contributed by atoms with Crippen LogP contribution in [0.5, 0.6) is 0 Å². The molecule has 1 atom stereocenters. The van der Waals surface area contributed by atoms with E-state index in [0.717, 1.165) is 17.0 Å². The van der Waals surface area contributed by atoms with E-state index in [-0.39, 0.29) is 17.2 Å². The van der Waals surface area contributed by atoms with Crippen molar-refractivity contribution in [2.75, 3.05) is 5.75 Å². The summed E-state index contributed by atoms with van der Waals surface area (Å²) in [4.78, 5) is 17.3. The first-order chi connectivity index (χ1) is 12.0. The molecular formula is C16H14F2N4OS2. The van der Waals surface area contributed by atoms with Crippen molar-refractivity contribution < 1.29 is 13.6 Å². The molecule has 0 aliphatic rings. The Hall–Kier alpha value is -2.26. The van der Waals surface area contributed by atoms with Crippen LogP contribution in [0.15, 0.2) is 40.9 Å². The zero-order valence-electron chi connectivity index (χ0n) is 13.1. The molecule has 0 saturated heterocycles. The maximum atomic E-state index is 13.7. The predicted octanol–water partition coefficient (Wildman–Crippen LogP) is 3.78. The van der Waals surface area contributed by atoms with Gasteiger partial charge in [0.05, 0.1) is 16.7 Å². The Labute approximate surface area is 150 Å². The number of aromatic amines is 1. The zero-order chi connectivity index (χ0) is 17.8. The minimum Gasteiger partial charge on any atom is -0.349 e. The highest BCUT2D eigenvalue weighted by Gasteiger charge is 2.15. The molecule has 1 aromatic carbocycles. The standard InChI is InChI=1S/C16H14F2N4OS2/c1-9(11-5-4-10(17)7-12(11)18)19-14(23)8-25-16-20-15(21-22-16)13-3-2-6-24-13/h2-7,9H,8H2,1H3,(H,19,23)(H,20,21,22)/t9-/m0/s1. The van der Waals surface area contributed by atoms with Gasteiger partial charge in [-0.1, -0.05) is 23.9 Å². The summed E-state index contributed by atoms with van der Waals surface area (Å²) in [6.07, 6.45) is 0. The minimum absolute atomic E-state index is 0.0922. The summed E-state index contributed by atoms with van der Waals surface area (Å²) in [6, 6.07) is 6.56. The van der Waals surface area contributed by atoms with E-state index in [9.17, 15) is 13.6 Å². The molecule has 0 fully saturated rings. The summed E-state index contributed by atoms with van der Waals surface area (Å²) >= 11 is 2.71. The van der Waals surface area contributed by atoms with E-state index in [1.54, 1.807) is 6.92 Å². The molecule has 5 nitrogen and oxygen atoms in total. The molecule has 25 heavy (non-hydrogen) atoms. The second-order valence-electron chi connectivity index (χ2n) is 5.19. The first-order valence-electron chi connectivity index (χ1n) is 7.36. The number of thiophene rings is 1. The highest BCUT2D eigenvalue weighted by Crippen LogP contribution is 2.23. The van der Waals surface area contributed by atoms with Gasteiger partial charge < -0.3 is 5.32 Å². The predicted molar refractivity (Wildman–Crippen MR) is 93.3 cm³/mol. The minimum atomic E-state index is -0.685. The molecule has 0 unspecified atom stereocenters. The molecule has 2 N–H and O–H groups in total. The van der Waals surface area contributed by atoms with Crippen molar-refractivity contribution >= 4 is 29.0 Å². The third-order valence-electron chi connectivity index (χ3n) is 3.36. The molecule has 2 aromatic heterocycles. The second kappa shape index (κ2) is 7.75. The lowest BCUT2D eigenvalue weighted by molar-refractivity contribution is -0.119. The Morgan fingerprint density at radius 3 is 2.96 bits per heavy atom. The first kappa shape index (κ1) is 17.6. The number of nitrogens with one attached hydrogen (secondary N) is 2. The molecule has 2 heterocycles. The summed E-state index contributed by atoms with van der Waals surface area (Å²) in [5.74, 6) is -0.880. The van der Waals surface area contributed by atoms with Crippen LogP contribution >= 0.6 is 23.1 Å². The SMILES string of the molecule is C[C@H](NC(=O)CSc1n[nH]c(-c2cccs2)n1)c1ccc(F)cc1F. The lowest BCUT2D eigenvalue weighted by Gasteiger charge is -2.14. The number of nitrogens with zero attached hydrogens (tertiary/aromatic N) is 2. The Bertz CT molecular complexity index is 867. The molecule has 130 valence electrons. The van der Waals surface area contributed by atoms with E-state index in [0.29, 0.717) is 11.0 Å². The first-order valence-corrected chi connectivity index (χ1v) is 9.23. The van der Waals surface area contributed by atoms with Gasteiger partial charge in [-0.25, -0.2) is 13.8 Å². The normalized spacial score (nSPS) is 12.1. The lowest BCUT2D eigenvalue weighted by atomic mass is 10.1. The second-order valence-corrected chi connectivity index (χ2v) is 7.08.